The largest absolute Gasteiger partial charge is 0.414 e. The zero-order valence-corrected chi connectivity index (χ0v) is 28.4. The molecule has 0 unspecified atom stereocenters. The van der Waals surface area contributed by atoms with Crippen LogP contribution >= 0.6 is 0 Å². The van der Waals surface area contributed by atoms with Gasteiger partial charge >= 0.3 is 22.8 Å². The molecule has 2 fully saturated rings. The first-order chi connectivity index (χ1) is 20.3. The first-order valence-electron chi connectivity index (χ1n) is 15.0. The van der Waals surface area contributed by atoms with Crippen LogP contribution in [0.2, 0.25) is 22.2 Å². The minimum absolute atomic E-state index is 0.00398. The SMILES string of the molecule is CC(C)[Si]1(C(C)C)OC[C@H]2O[C@](CO)(n3ccc(=O)n(COCc4ccccc4)c3=O)C(=O)[C@@H]2O[Si](C(C)C)(C(C)C)O1. The Morgan fingerprint density at radius 2 is 1.53 bits per heavy atom. The van der Waals surface area contributed by atoms with Crippen LogP contribution in [0.25, 0.3) is 0 Å². The van der Waals surface area contributed by atoms with Crippen LogP contribution in [-0.4, -0.2) is 62.6 Å². The summed E-state index contributed by atoms with van der Waals surface area (Å²) < 4.78 is 34.6. The summed E-state index contributed by atoms with van der Waals surface area (Å²) in [6, 6.07) is 10.5. The molecule has 0 spiro atoms. The van der Waals surface area contributed by atoms with E-state index >= 15 is 0 Å². The van der Waals surface area contributed by atoms with Crippen LogP contribution in [0.1, 0.15) is 61.0 Å². The average Bonchev–Trinajstić information content (AvgIpc) is 3.20. The molecule has 13 heteroatoms. The van der Waals surface area contributed by atoms with E-state index in [-0.39, 0.29) is 42.1 Å². The van der Waals surface area contributed by atoms with E-state index in [1.165, 1.54) is 6.20 Å². The average molecular weight is 635 g/mol. The number of benzene rings is 1. The highest BCUT2D eigenvalue weighted by molar-refractivity contribution is 6.84. The number of hydrogen-bond acceptors (Lipinski definition) is 9. The summed E-state index contributed by atoms with van der Waals surface area (Å²) in [6.07, 6.45) is -0.866. The van der Waals surface area contributed by atoms with Crippen LogP contribution in [0.4, 0.5) is 0 Å². The molecule has 0 aliphatic carbocycles. The highest BCUT2D eigenvalue weighted by atomic mass is 28.5. The Morgan fingerprint density at radius 1 is 0.930 bits per heavy atom. The Bertz CT molecular complexity index is 1380. The number of ether oxygens (including phenoxy) is 2. The summed E-state index contributed by atoms with van der Waals surface area (Å²) in [7, 11) is -6.09. The second kappa shape index (κ2) is 13.0. The topological polar surface area (TPSA) is 127 Å². The van der Waals surface area contributed by atoms with E-state index in [0.29, 0.717) is 0 Å². The van der Waals surface area contributed by atoms with Crippen molar-refractivity contribution in [1.82, 2.24) is 9.13 Å². The van der Waals surface area contributed by atoms with Gasteiger partial charge in [0.25, 0.3) is 5.56 Å². The number of aromatic nitrogens is 2. The quantitative estimate of drug-likeness (QED) is 0.389. The summed E-state index contributed by atoms with van der Waals surface area (Å²) in [5, 5.41) is 10.7. The Morgan fingerprint density at radius 3 is 2.09 bits per heavy atom. The van der Waals surface area contributed by atoms with E-state index in [1.807, 2.05) is 58.0 Å². The fourth-order valence-electron chi connectivity index (χ4n) is 6.24. The van der Waals surface area contributed by atoms with E-state index in [0.717, 1.165) is 20.8 Å². The van der Waals surface area contributed by atoms with Crippen LogP contribution < -0.4 is 11.2 Å². The molecule has 1 aromatic heterocycles. The van der Waals surface area contributed by atoms with Crippen LogP contribution in [0.3, 0.4) is 0 Å². The van der Waals surface area contributed by atoms with Gasteiger partial charge in [-0.2, -0.15) is 0 Å². The molecule has 2 aromatic rings. The molecule has 0 bridgehead atoms. The molecule has 238 valence electrons. The van der Waals surface area contributed by atoms with Gasteiger partial charge in [0.1, 0.15) is 18.9 Å². The fourth-order valence-corrected chi connectivity index (χ4v) is 17.4. The lowest BCUT2D eigenvalue weighted by atomic mass is 10.1. The summed E-state index contributed by atoms with van der Waals surface area (Å²) in [5.41, 5.74) is -2.62. The number of carbonyl (C=O) groups excluding carboxylic acids is 1. The number of fused-ring (bicyclic) bond motifs is 1. The third kappa shape index (κ3) is 5.93. The van der Waals surface area contributed by atoms with Crippen molar-refractivity contribution in [2.24, 2.45) is 0 Å². The van der Waals surface area contributed by atoms with E-state index in [4.69, 9.17) is 22.4 Å². The van der Waals surface area contributed by atoms with Crippen molar-refractivity contribution in [3.8, 4) is 0 Å². The van der Waals surface area contributed by atoms with E-state index in [1.54, 1.807) is 0 Å². The van der Waals surface area contributed by atoms with Crippen molar-refractivity contribution in [2.45, 2.75) is 109 Å². The highest BCUT2D eigenvalue weighted by Gasteiger charge is 2.65. The molecule has 11 nitrogen and oxygen atoms in total. The molecule has 3 atom stereocenters. The Balaban J connectivity index is 1.75. The van der Waals surface area contributed by atoms with Gasteiger partial charge in [0.15, 0.2) is 0 Å². The molecule has 2 saturated heterocycles. The number of aliphatic hydroxyl groups excluding tert-OH is 1. The third-order valence-electron chi connectivity index (χ3n) is 8.65. The fraction of sp³-hybridized carbons (Fsp3) is 0.633. The summed E-state index contributed by atoms with van der Waals surface area (Å²) in [4.78, 5) is 40.7. The Hall–Kier alpha value is -2.24. The van der Waals surface area contributed by atoms with E-state index in [9.17, 15) is 19.5 Å². The zero-order chi connectivity index (χ0) is 31.7. The Kier molecular flexibility index (Phi) is 10.2. The number of aliphatic hydroxyl groups is 1. The second-order valence-electron chi connectivity index (χ2n) is 12.7. The normalized spacial score (nSPS) is 25.4. The predicted molar refractivity (Wildman–Crippen MR) is 165 cm³/mol. The number of carbonyl (C=O) groups is 1. The lowest BCUT2D eigenvalue weighted by Gasteiger charge is -2.50. The number of rotatable bonds is 10. The van der Waals surface area contributed by atoms with Crippen molar-refractivity contribution >= 4 is 22.9 Å². The van der Waals surface area contributed by atoms with Gasteiger partial charge in [0, 0.05) is 12.3 Å². The van der Waals surface area contributed by atoms with Crippen molar-refractivity contribution in [3.63, 3.8) is 0 Å². The van der Waals surface area contributed by atoms with Gasteiger partial charge in [0.05, 0.1) is 19.8 Å². The monoisotopic (exact) mass is 634 g/mol. The van der Waals surface area contributed by atoms with Crippen LogP contribution in [0.15, 0.2) is 52.2 Å². The zero-order valence-electron chi connectivity index (χ0n) is 26.4. The minimum Gasteiger partial charge on any atom is -0.414 e. The maximum Gasteiger partial charge on any atom is 0.335 e. The van der Waals surface area contributed by atoms with Gasteiger partial charge < -0.3 is 27.5 Å². The first-order valence-corrected chi connectivity index (χ1v) is 19.0. The molecule has 2 aliphatic rings. The molecule has 3 heterocycles. The molecule has 4 rings (SSSR count). The molecule has 1 aromatic carbocycles. The van der Waals surface area contributed by atoms with Crippen molar-refractivity contribution in [2.75, 3.05) is 13.2 Å². The molecular weight excluding hydrogens is 589 g/mol. The lowest BCUT2D eigenvalue weighted by molar-refractivity contribution is -0.162. The van der Waals surface area contributed by atoms with Crippen molar-refractivity contribution in [1.29, 1.82) is 0 Å². The van der Waals surface area contributed by atoms with Gasteiger partial charge in [0.2, 0.25) is 11.5 Å². The van der Waals surface area contributed by atoms with E-state index < -0.39 is 58.7 Å². The molecule has 0 radical (unpaired) electrons. The maximum absolute atomic E-state index is 14.3. The Labute approximate surface area is 255 Å². The molecule has 0 amide bonds. The second-order valence-corrected chi connectivity index (χ2v) is 21.5. The number of nitrogens with zero attached hydrogens (tertiary/aromatic N) is 2. The minimum atomic E-state index is -3.18. The smallest absolute Gasteiger partial charge is 0.335 e. The number of hydrogen-bond donors (Lipinski definition) is 1. The van der Waals surface area contributed by atoms with Crippen LogP contribution in [-0.2, 0) is 46.3 Å². The highest BCUT2D eigenvalue weighted by Crippen LogP contribution is 2.48. The standard InChI is InChI=1S/C30H46N2O9Si2/c1-20(2)42(21(3)4)38-17-25-27(40-43(41-42,22(5)6)23(7)8)28(35)30(18-33,39-25)32-15-14-26(34)31(29(32)36)19-37-16-24-12-10-9-11-13-24/h9-15,20-23,25,27,33H,16-19H2,1-8H3/t25-,27-,30+/m1/s1. The molecule has 1 N–H and O–H groups in total. The van der Waals surface area contributed by atoms with Crippen LogP contribution in [0.5, 0.6) is 0 Å². The maximum atomic E-state index is 14.3. The predicted octanol–water partition coefficient (Wildman–Crippen LogP) is 3.75. The van der Waals surface area contributed by atoms with Crippen molar-refractivity contribution in [3.05, 3.63) is 69.0 Å². The van der Waals surface area contributed by atoms with E-state index in [2.05, 4.69) is 27.7 Å². The summed E-state index contributed by atoms with van der Waals surface area (Å²) in [6.45, 7) is 15.5. The van der Waals surface area contributed by atoms with Gasteiger partial charge in [-0.25, -0.2) is 9.36 Å². The van der Waals surface area contributed by atoms with Crippen molar-refractivity contribution < 1.29 is 32.3 Å². The number of Topliss-reactive ketones (excluding diaryl/α,β-unsaturated/α-hetero) is 1. The molecule has 0 saturated carbocycles. The van der Waals surface area contributed by atoms with Gasteiger partial charge in [-0.15, -0.1) is 0 Å². The molecule has 2 aliphatic heterocycles. The number of ketones is 1. The third-order valence-corrected chi connectivity index (χ3v) is 18.9. The summed E-state index contributed by atoms with van der Waals surface area (Å²) in [5.74, 6) is -0.619. The summed E-state index contributed by atoms with van der Waals surface area (Å²) >= 11 is 0. The van der Waals surface area contributed by atoms with Gasteiger partial charge in [-0.3, -0.25) is 14.2 Å². The van der Waals surface area contributed by atoms with Gasteiger partial charge in [-0.1, -0.05) is 85.7 Å². The lowest BCUT2D eigenvalue weighted by Crippen LogP contribution is -2.65. The molecular formula is C30H46N2O9Si2. The van der Waals surface area contributed by atoms with Crippen LogP contribution in [0, 0.1) is 0 Å². The van der Waals surface area contributed by atoms with Gasteiger partial charge in [-0.05, 0) is 27.7 Å². The first kappa shape index (κ1) is 33.7. The molecule has 43 heavy (non-hydrogen) atoms.